The van der Waals surface area contributed by atoms with Gasteiger partial charge >= 0.3 is 11.9 Å². The van der Waals surface area contributed by atoms with E-state index in [9.17, 15) is 9.59 Å². The van der Waals surface area contributed by atoms with E-state index in [1.807, 2.05) is 6.92 Å². The molecule has 0 saturated carbocycles. The van der Waals surface area contributed by atoms with Crippen molar-refractivity contribution in [2.45, 2.75) is 46.0 Å². The summed E-state index contributed by atoms with van der Waals surface area (Å²) in [7, 11) is 0. The second-order valence-electron chi connectivity index (χ2n) is 3.86. The number of hydrogen-bond donors (Lipinski definition) is 2. The van der Waals surface area contributed by atoms with Crippen molar-refractivity contribution in [2.24, 2.45) is 5.41 Å². The molecule has 0 rings (SSSR count). The van der Waals surface area contributed by atoms with Gasteiger partial charge in [-0.05, 0) is 26.2 Å². The van der Waals surface area contributed by atoms with E-state index >= 15 is 0 Å². The summed E-state index contributed by atoms with van der Waals surface area (Å²) in [5.41, 5.74) is -0.760. The van der Waals surface area contributed by atoms with Crippen LogP contribution in [0.3, 0.4) is 0 Å². The Balaban J connectivity index is 4.09. The van der Waals surface area contributed by atoms with Crippen molar-refractivity contribution < 1.29 is 19.8 Å². The Morgan fingerprint density at radius 3 is 2.14 bits per heavy atom. The van der Waals surface area contributed by atoms with Crippen LogP contribution in [0.2, 0.25) is 0 Å². The molecule has 82 valence electrons. The van der Waals surface area contributed by atoms with Gasteiger partial charge in [0.1, 0.15) is 0 Å². The van der Waals surface area contributed by atoms with E-state index in [0.29, 0.717) is 19.3 Å². The van der Waals surface area contributed by atoms with Crippen molar-refractivity contribution in [3.8, 4) is 0 Å². The lowest BCUT2D eigenvalue weighted by molar-refractivity contribution is -0.149. The van der Waals surface area contributed by atoms with Gasteiger partial charge in [0.25, 0.3) is 0 Å². The maximum absolute atomic E-state index is 10.9. The van der Waals surface area contributed by atoms with E-state index < -0.39 is 17.4 Å². The van der Waals surface area contributed by atoms with Crippen molar-refractivity contribution in [1.29, 1.82) is 0 Å². The van der Waals surface area contributed by atoms with E-state index in [1.54, 1.807) is 6.92 Å². The van der Waals surface area contributed by atoms with Crippen LogP contribution in [-0.2, 0) is 9.59 Å². The smallest absolute Gasteiger partial charge is 0.309 e. The number of carboxylic acids is 2. The second kappa shape index (κ2) is 5.62. The standard InChI is InChI=1S/C10H18O4/c1-3-6-10(2,9(13)14)7-4-5-8(11)12/h3-7H2,1-2H3,(H,11,12)(H,13,14). The lowest BCUT2D eigenvalue weighted by atomic mass is 9.81. The fourth-order valence-electron chi connectivity index (χ4n) is 1.52. The highest BCUT2D eigenvalue weighted by molar-refractivity contribution is 5.74. The van der Waals surface area contributed by atoms with Gasteiger partial charge in [0.15, 0.2) is 0 Å². The molecular formula is C10H18O4. The van der Waals surface area contributed by atoms with Crippen LogP contribution < -0.4 is 0 Å². The number of rotatable bonds is 7. The first-order valence-electron chi connectivity index (χ1n) is 4.87. The van der Waals surface area contributed by atoms with E-state index in [-0.39, 0.29) is 6.42 Å². The van der Waals surface area contributed by atoms with Crippen LogP contribution >= 0.6 is 0 Å². The van der Waals surface area contributed by atoms with Crippen molar-refractivity contribution in [3.63, 3.8) is 0 Å². The summed E-state index contributed by atoms with van der Waals surface area (Å²) < 4.78 is 0. The molecular weight excluding hydrogens is 184 g/mol. The normalized spacial score (nSPS) is 14.7. The molecule has 0 fully saturated rings. The molecule has 0 aliphatic carbocycles. The molecule has 1 unspecified atom stereocenters. The van der Waals surface area contributed by atoms with Crippen molar-refractivity contribution in [1.82, 2.24) is 0 Å². The van der Waals surface area contributed by atoms with Gasteiger partial charge in [0.2, 0.25) is 0 Å². The summed E-state index contributed by atoms with van der Waals surface area (Å²) in [5.74, 6) is -1.70. The highest BCUT2D eigenvalue weighted by Gasteiger charge is 2.31. The van der Waals surface area contributed by atoms with Crippen LogP contribution in [0.5, 0.6) is 0 Å². The molecule has 0 bridgehead atoms. The number of hydrogen-bond acceptors (Lipinski definition) is 2. The summed E-state index contributed by atoms with van der Waals surface area (Å²) in [4.78, 5) is 21.2. The number of carbonyl (C=O) groups is 2. The molecule has 0 aliphatic heterocycles. The summed E-state index contributed by atoms with van der Waals surface area (Å²) in [5, 5.41) is 17.4. The molecule has 0 aliphatic rings. The minimum atomic E-state index is -0.866. The Morgan fingerprint density at radius 1 is 1.21 bits per heavy atom. The molecule has 0 radical (unpaired) electrons. The summed E-state index contributed by atoms with van der Waals surface area (Å²) in [6, 6.07) is 0. The molecule has 0 aromatic rings. The first-order valence-corrected chi connectivity index (χ1v) is 4.87. The molecule has 0 amide bonds. The quantitative estimate of drug-likeness (QED) is 0.663. The third-order valence-corrected chi connectivity index (χ3v) is 2.44. The zero-order valence-corrected chi connectivity index (χ0v) is 8.75. The largest absolute Gasteiger partial charge is 0.481 e. The Bertz CT molecular complexity index is 212. The average Bonchev–Trinajstić information content (AvgIpc) is 2.03. The average molecular weight is 202 g/mol. The molecule has 0 aromatic heterocycles. The predicted molar refractivity (Wildman–Crippen MR) is 52.1 cm³/mol. The molecule has 0 spiro atoms. The Labute approximate surface area is 83.9 Å². The van der Waals surface area contributed by atoms with Gasteiger partial charge < -0.3 is 10.2 Å². The zero-order valence-electron chi connectivity index (χ0n) is 8.75. The van der Waals surface area contributed by atoms with Gasteiger partial charge in [0, 0.05) is 6.42 Å². The SMILES string of the molecule is CCCC(C)(CCCC(=O)O)C(=O)O. The van der Waals surface area contributed by atoms with Gasteiger partial charge in [-0.2, -0.15) is 0 Å². The molecule has 14 heavy (non-hydrogen) atoms. The van der Waals surface area contributed by atoms with Crippen LogP contribution in [0.1, 0.15) is 46.0 Å². The number of aliphatic carboxylic acids is 2. The number of carboxylic acid groups (broad SMARTS) is 2. The molecule has 2 N–H and O–H groups in total. The highest BCUT2D eigenvalue weighted by atomic mass is 16.4. The monoisotopic (exact) mass is 202 g/mol. The third kappa shape index (κ3) is 4.25. The third-order valence-electron chi connectivity index (χ3n) is 2.44. The lowest BCUT2D eigenvalue weighted by Gasteiger charge is -2.23. The van der Waals surface area contributed by atoms with E-state index in [4.69, 9.17) is 10.2 Å². The van der Waals surface area contributed by atoms with Gasteiger partial charge in [0.05, 0.1) is 5.41 Å². The van der Waals surface area contributed by atoms with E-state index in [1.165, 1.54) is 0 Å². The van der Waals surface area contributed by atoms with Crippen LogP contribution in [0.15, 0.2) is 0 Å². The fourth-order valence-corrected chi connectivity index (χ4v) is 1.52. The van der Waals surface area contributed by atoms with Crippen LogP contribution in [-0.4, -0.2) is 22.2 Å². The Hall–Kier alpha value is -1.06. The molecule has 0 saturated heterocycles. The minimum Gasteiger partial charge on any atom is -0.481 e. The first kappa shape index (κ1) is 12.9. The van der Waals surface area contributed by atoms with Crippen LogP contribution in [0.25, 0.3) is 0 Å². The van der Waals surface area contributed by atoms with Gasteiger partial charge in [-0.3, -0.25) is 9.59 Å². The van der Waals surface area contributed by atoms with Crippen molar-refractivity contribution >= 4 is 11.9 Å². The topological polar surface area (TPSA) is 74.6 Å². The van der Waals surface area contributed by atoms with Crippen molar-refractivity contribution in [3.05, 3.63) is 0 Å². The second-order valence-corrected chi connectivity index (χ2v) is 3.86. The predicted octanol–water partition coefficient (Wildman–Crippen LogP) is 2.13. The van der Waals surface area contributed by atoms with Crippen LogP contribution in [0, 0.1) is 5.41 Å². The van der Waals surface area contributed by atoms with Gasteiger partial charge in [-0.1, -0.05) is 13.3 Å². The zero-order chi connectivity index (χ0) is 11.2. The highest BCUT2D eigenvalue weighted by Crippen LogP contribution is 2.29. The molecule has 4 heteroatoms. The van der Waals surface area contributed by atoms with E-state index in [2.05, 4.69) is 0 Å². The first-order chi connectivity index (χ1) is 6.42. The maximum Gasteiger partial charge on any atom is 0.309 e. The van der Waals surface area contributed by atoms with Gasteiger partial charge in [-0.25, -0.2) is 0 Å². The maximum atomic E-state index is 10.9. The van der Waals surface area contributed by atoms with E-state index in [0.717, 1.165) is 6.42 Å². The van der Waals surface area contributed by atoms with Crippen LogP contribution in [0.4, 0.5) is 0 Å². The lowest BCUT2D eigenvalue weighted by Crippen LogP contribution is -2.27. The molecule has 4 nitrogen and oxygen atoms in total. The van der Waals surface area contributed by atoms with Crippen molar-refractivity contribution in [2.75, 3.05) is 0 Å². The Kier molecular flexibility index (Phi) is 5.20. The molecule has 0 aromatic carbocycles. The molecule has 0 heterocycles. The summed E-state index contributed by atoms with van der Waals surface area (Å²) >= 11 is 0. The fraction of sp³-hybridized carbons (Fsp3) is 0.800. The minimum absolute atomic E-state index is 0.0482. The van der Waals surface area contributed by atoms with Gasteiger partial charge in [-0.15, -0.1) is 0 Å². The summed E-state index contributed by atoms with van der Waals surface area (Å²) in [6.45, 7) is 3.61. The summed E-state index contributed by atoms with van der Waals surface area (Å²) in [6.07, 6.45) is 2.31. The molecule has 1 atom stereocenters. The Morgan fingerprint density at radius 2 is 1.79 bits per heavy atom.